The van der Waals surface area contributed by atoms with Gasteiger partial charge in [-0.25, -0.2) is 4.39 Å². The first-order chi connectivity index (χ1) is 8.97. The minimum absolute atomic E-state index is 0.137. The Balaban J connectivity index is 2.26. The lowest BCUT2D eigenvalue weighted by Gasteiger charge is -2.22. The molecule has 0 radical (unpaired) electrons. The summed E-state index contributed by atoms with van der Waals surface area (Å²) in [4.78, 5) is 2.32. The topological polar surface area (TPSA) is 35.2 Å². The number of benzene rings is 1. The van der Waals surface area contributed by atoms with Crippen LogP contribution in [-0.2, 0) is 0 Å². The molecule has 2 unspecified atom stereocenters. The van der Waals surface area contributed by atoms with E-state index < -0.39 is 0 Å². The van der Waals surface area contributed by atoms with Crippen molar-refractivity contribution in [2.75, 3.05) is 0 Å². The van der Waals surface area contributed by atoms with E-state index in [0.29, 0.717) is 5.75 Å². The van der Waals surface area contributed by atoms with Gasteiger partial charge in [-0.1, -0.05) is 0 Å². The van der Waals surface area contributed by atoms with Gasteiger partial charge in [-0.15, -0.1) is 11.3 Å². The Bertz CT molecular complexity index is 565. The lowest BCUT2D eigenvalue weighted by atomic mass is 10.1. The summed E-state index contributed by atoms with van der Waals surface area (Å²) in [6, 6.07) is 8.47. The molecule has 19 heavy (non-hydrogen) atoms. The van der Waals surface area contributed by atoms with E-state index >= 15 is 0 Å². The average molecular weight is 279 g/mol. The molecule has 2 N–H and O–H groups in total. The molecule has 0 aliphatic heterocycles. The van der Waals surface area contributed by atoms with Crippen molar-refractivity contribution in [2.24, 2.45) is 5.73 Å². The molecule has 0 saturated carbocycles. The smallest absolute Gasteiger partial charge is 0.148 e. The van der Waals surface area contributed by atoms with Crippen LogP contribution in [0.1, 0.15) is 28.3 Å². The Hall–Kier alpha value is -1.39. The van der Waals surface area contributed by atoms with Gasteiger partial charge in [-0.2, -0.15) is 0 Å². The first kappa shape index (κ1) is 14.0. The number of thiophene rings is 1. The van der Waals surface area contributed by atoms with Gasteiger partial charge in [0, 0.05) is 15.8 Å². The van der Waals surface area contributed by atoms with E-state index in [9.17, 15) is 4.39 Å². The molecule has 4 heteroatoms. The number of nitrogens with two attached hydrogens (primary N) is 1. The quantitative estimate of drug-likeness (QED) is 0.919. The van der Waals surface area contributed by atoms with E-state index in [1.54, 1.807) is 17.4 Å². The maximum Gasteiger partial charge on any atom is 0.148 e. The zero-order valence-corrected chi connectivity index (χ0v) is 12.1. The highest BCUT2D eigenvalue weighted by molar-refractivity contribution is 7.12. The van der Waals surface area contributed by atoms with Crippen molar-refractivity contribution < 1.29 is 9.13 Å². The van der Waals surface area contributed by atoms with Crippen molar-refractivity contribution in [3.05, 3.63) is 51.5 Å². The first-order valence-corrected chi connectivity index (χ1v) is 7.03. The van der Waals surface area contributed by atoms with Gasteiger partial charge in [0.05, 0.1) is 0 Å². The standard InChI is InChI=1S/C15H18FNOS/c1-9-8-12(16)5-6-13(9)18-15(11(3)17)14-7-4-10(2)19-14/h4-8,11,15H,17H2,1-3H3. The largest absolute Gasteiger partial charge is 0.483 e. The van der Waals surface area contributed by atoms with Gasteiger partial charge in [-0.05, 0) is 56.7 Å². The molecule has 1 aromatic carbocycles. The van der Waals surface area contributed by atoms with Gasteiger partial charge in [0.15, 0.2) is 0 Å². The number of aryl methyl sites for hydroxylation is 2. The summed E-state index contributed by atoms with van der Waals surface area (Å²) in [5.41, 5.74) is 6.79. The van der Waals surface area contributed by atoms with Crippen molar-refractivity contribution in [2.45, 2.75) is 32.9 Å². The van der Waals surface area contributed by atoms with E-state index in [0.717, 1.165) is 10.4 Å². The molecule has 1 heterocycles. The minimum atomic E-state index is -0.255. The average Bonchev–Trinajstić information content (AvgIpc) is 2.74. The highest BCUT2D eigenvalue weighted by Gasteiger charge is 2.20. The van der Waals surface area contributed by atoms with Crippen LogP contribution >= 0.6 is 11.3 Å². The van der Waals surface area contributed by atoms with Crippen molar-refractivity contribution in [1.29, 1.82) is 0 Å². The van der Waals surface area contributed by atoms with E-state index in [4.69, 9.17) is 10.5 Å². The molecule has 2 rings (SSSR count). The van der Waals surface area contributed by atoms with Crippen molar-refractivity contribution >= 4 is 11.3 Å². The van der Waals surface area contributed by atoms with Crippen molar-refractivity contribution in [3.8, 4) is 5.75 Å². The second-order valence-corrected chi connectivity index (χ2v) is 6.08. The lowest BCUT2D eigenvalue weighted by Crippen LogP contribution is -2.28. The molecule has 0 fully saturated rings. The summed E-state index contributed by atoms with van der Waals surface area (Å²) < 4.78 is 19.1. The van der Waals surface area contributed by atoms with Gasteiger partial charge >= 0.3 is 0 Å². The van der Waals surface area contributed by atoms with Gasteiger partial charge in [0.1, 0.15) is 17.7 Å². The molecular weight excluding hydrogens is 261 g/mol. The summed E-state index contributed by atoms with van der Waals surface area (Å²) in [5.74, 6) is 0.420. The van der Waals surface area contributed by atoms with Crippen LogP contribution in [-0.4, -0.2) is 6.04 Å². The zero-order chi connectivity index (χ0) is 14.0. The Morgan fingerprint density at radius 2 is 1.95 bits per heavy atom. The number of rotatable bonds is 4. The predicted molar refractivity (Wildman–Crippen MR) is 77.2 cm³/mol. The maximum atomic E-state index is 13.1. The van der Waals surface area contributed by atoms with Crippen LogP contribution in [0.15, 0.2) is 30.3 Å². The number of hydrogen-bond acceptors (Lipinski definition) is 3. The fourth-order valence-electron chi connectivity index (χ4n) is 1.91. The highest BCUT2D eigenvalue weighted by atomic mass is 32.1. The number of hydrogen-bond donors (Lipinski definition) is 1. The third kappa shape index (κ3) is 3.33. The lowest BCUT2D eigenvalue weighted by molar-refractivity contribution is 0.182. The third-order valence-corrected chi connectivity index (χ3v) is 3.97. The first-order valence-electron chi connectivity index (χ1n) is 6.22. The molecule has 1 aromatic heterocycles. The summed E-state index contributed by atoms with van der Waals surface area (Å²) >= 11 is 1.67. The normalized spacial score (nSPS) is 14.2. The molecule has 2 nitrogen and oxygen atoms in total. The Morgan fingerprint density at radius 3 is 2.47 bits per heavy atom. The second kappa shape index (κ2) is 5.72. The van der Waals surface area contributed by atoms with Crippen LogP contribution < -0.4 is 10.5 Å². The van der Waals surface area contributed by atoms with E-state index in [1.807, 2.05) is 19.9 Å². The summed E-state index contributed by atoms with van der Waals surface area (Å²) in [7, 11) is 0. The Morgan fingerprint density at radius 1 is 1.21 bits per heavy atom. The number of halogens is 1. The molecule has 0 spiro atoms. The molecule has 0 aliphatic carbocycles. The van der Waals surface area contributed by atoms with Gasteiger partial charge < -0.3 is 10.5 Å². The van der Waals surface area contributed by atoms with Crippen LogP contribution in [0.3, 0.4) is 0 Å². The fraction of sp³-hybridized carbons (Fsp3) is 0.333. The van der Waals surface area contributed by atoms with Crippen molar-refractivity contribution in [1.82, 2.24) is 0 Å². The predicted octanol–water partition coefficient (Wildman–Crippen LogP) is 3.97. The molecule has 2 aromatic rings. The Kier molecular flexibility index (Phi) is 4.22. The summed E-state index contributed by atoms with van der Waals surface area (Å²) in [5, 5.41) is 0. The fourth-order valence-corrected chi connectivity index (χ4v) is 2.94. The highest BCUT2D eigenvalue weighted by Crippen LogP contribution is 2.31. The van der Waals surface area contributed by atoms with Gasteiger partial charge in [0.2, 0.25) is 0 Å². The molecular formula is C15H18FNOS. The molecule has 2 atom stereocenters. The Labute approximate surface area is 117 Å². The molecule has 0 aliphatic rings. The SMILES string of the molecule is Cc1ccc(C(Oc2ccc(F)cc2C)C(C)N)s1. The molecule has 0 amide bonds. The maximum absolute atomic E-state index is 13.1. The molecule has 0 bridgehead atoms. The molecule has 0 saturated heterocycles. The van der Waals surface area contributed by atoms with Crippen LogP contribution in [0.25, 0.3) is 0 Å². The van der Waals surface area contributed by atoms with Gasteiger partial charge in [0.25, 0.3) is 0 Å². The zero-order valence-electron chi connectivity index (χ0n) is 11.3. The van der Waals surface area contributed by atoms with Gasteiger partial charge in [-0.3, -0.25) is 0 Å². The van der Waals surface area contributed by atoms with E-state index in [2.05, 4.69) is 13.0 Å². The third-order valence-electron chi connectivity index (χ3n) is 2.91. The monoisotopic (exact) mass is 279 g/mol. The van der Waals surface area contributed by atoms with Crippen LogP contribution in [0.2, 0.25) is 0 Å². The van der Waals surface area contributed by atoms with Crippen LogP contribution in [0, 0.1) is 19.7 Å². The van der Waals surface area contributed by atoms with Crippen molar-refractivity contribution in [3.63, 3.8) is 0 Å². The summed E-state index contributed by atoms with van der Waals surface area (Å²) in [6.07, 6.45) is -0.206. The van der Waals surface area contributed by atoms with E-state index in [1.165, 1.54) is 17.0 Å². The second-order valence-electron chi connectivity index (χ2n) is 4.76. The number of ether oxygens (including phenoxy) is 1. The minimum Gasteiger partial charge on any atom is -0.483 e. The van der Waals surface area contributed by atoms with Crippen LogP contribution in [0.5, 0.6) is 5.75 Å². The molecule has 102 valence electrons. The van der Waals surface area contributed by atoms with Crippen LogP contribution in [0.4, 0.5) is 4.39 Å². The van der Waals surface area contributed by atoms with E-state index in [-0.39, 0.29) is 18.0 Å². The summed E-state index contributed by atoms with van der Waals surface area (Å²) in [6.45, 7) is 5.80.